The van der Waals surface area contributed by atoms with Crippen molar-refractivity contribution in [3.05, 3.63) is 50.6 Å². The summed E-state index contributed by atoms with van der Waals surface area (Å²) >= 11 is 5.30. The van der Waals surface area contributed by atoms with Crippen LogP contribution in [0, 0.1) is 0 Å². The number of halogens is 1. The second-order valence-electron chi connectivity index (χ2n) is 4.98. The number of hydrogen-bond donors (Lipinski definition) is 1. The van der Waals surface area contributed by atoms with Gasteiger partial charge in [-0.15, -0.1) is 11.3 Å². The Hall–Kier alpha value is -0.840. The van der Waals surface area contributed by atoms with Gasteiger partial charge < -0.3 is 10.1 Å². The third-order valence-corrected chi connectivity index (χ3v) is 4.88. The molecule has 0 aliphatic heterocycles. The highest BCUT2D eigenvalue weighted by Gasteiger charge is 1.99. The fourth-order valence-corrected chi connectivity index (χ4v) is 3.45. The number of unbranched alkanes of at least 4 members (excludes halogenated alkanes) is 1. The first kappa shape index (κ1) is 16.5. The largest absolute Gasteiger partial charge is 0.494 e. The van der Waals surface area contributed by atoms with Crippen molar-refractivity contribution in [2.24, 2.45) is 0 Å². The molecule has 2 nitrogen and oxygen atoms in total. The second kappa shape index (κ2) is 9.23. The van der Waals surface area contributed by atoms with Crippen LogP contribution in [0.5, 0.6) is 5.75 Å². The Bertz CT molecular complexity index is 524. The normalized spacial score (nSPS) is 10.8. The van der Waals surface area contributed by atoms with E-state index in [4.69, 9.17) is 4.74 Å². The van der Waals surface area contributed by atoms with E-state index in [1.165, 1.54) is 20.6 Å². The maximum atomic E-state index is 5.66. The molecule has 1 aromatic heterocycles. The van der Waals surface area contributed by atoms with Gasteiger partial charge in [-0.05, 0) is 58.6 Å². The van der Waals surface area contributed by atoms with E-state index in [2.05, 4.69) is 64.6 Å². The van der Waals surface area contributed by atoms with Crippen LogP contribution in [0.4, 0.5) is 0 Å². The van der Waals surface area contributed by atoms with E-state index >= 15 is 0 Å². The molecule has 1 aromatic carbocycles. The molecule has 0 spiro atoms. The van der Waals surface area contributed by atoms with E-state index < -0.39 is 0 Å². The zero-order valence-electron chi connectivity index (χ0n) is 12.4. The van der Waals surface area contributed by atoms with Gasteiger partial charge in [-0.1, -0.05) is 25.5 Å². The van der Waals surface area contributed by atoms with E-state index in [9.17, 15) is 0 Å². The molecule has 0 amide bonds. The van der Waals surface area contributed by atoms with Gasteiger partial charge in [-0.25, -0.2) is 0 Å². The first-order valence-electron chi connectivity index (χ1n) is 7.44. The number of thiophene rings is 1. The lowest BCUT2D eigenvalue weighted by molar-refractivity contribution is 0.309. The SMILES string of the molecule is CCCCOc1ccc(CNCCc2ccc(Br)s2)cc1. The molecule has 0 atom stereocenters. The fraction of sp³-hybridized carbons (Fsp3) is 0.412. The van der Waals surface area contributed by atoms with Gasteiger partial charge in [0.2, 0.25) is 0 Å². The molecule has 2 aromatic rings. The average Bonchev–Trinajstić information content (AvgIpc) is 2.91. The third kappa shape index (κ3) is 6.20. The molecule has 1 N–H and O–H groups in total. The van der Waals surface area contributed by atoms with Crippen molar-refractivity contribution in [1.29, 1.82) is 0 Å². The molecular formula is C17H22BrNOS. The lowest BCUT2D eigenvalue weighted by atomic mass is 10.2. The Morgan fingerprint density at radius 2 is 1.95 bits per heavy atom. The molecule has 0 aliphatic rings. The van der Waals surface area contributed by atoms with Gasteiger partial charge in [0.25, 0.3) is 0 Å². The summed E-state index contributed by atoms with van der Waals surface area (Å²) in [4.78, 5) is 1.41. The summed E-state index contributed by atoms with van der Waals surface area (Å²) in [7, 11) is 0. The summed E-state index contributed by atoms with van der Waals surface area (Å²) in [6.45, 7) is 4.89. The molecule has 0 saturated carbocycles. The topological polar surface area (TPSA) is 21.3 Å². The Morgan fingerprint density at radius 1 is 1.14 bits per heavy atom. The standard InChI is InChI=1S/C17H22BrNOS/c1-2-3-12-20-15-6-4-14(5-7-15)13-19-11-10-16-8-9-17(18)21-16/h4-9,19H,2-3,10-13H2,1H3. The minimum atomic E-state index is 0.810. The summed E-state index contributed by atoms with van der Waals surface area (Å²) in [5.41, 5.74) is 1.30. The Labute approximate surface area is 139 Å². The predicted octanol–water partition coefficient (Wildman–Crippen LogP) is 5.02. The van der Waals surface area contributed by atoms with Crippen LogP contribution in [0.25, 0.3) is 0 Å². The van der Waals surface area contributed by atoms with Crippen molar-refractivity contribution in [1.82, 2.24) is 5.32 Å². The number of ether oxygens (including phenoxy) is 1. The van der Waals surface area contributed by atoms with Crippen molar-refractivity contribution in [2.75, 3.05) is 13.2 Å². The molecule has 1 heterocycles. The molecule has 21 heavy (non-hydrogen) atoms. The highest BCUT2D eigenvalue weighted by Crippen LogP contribution is 2.22. The Balaban J connectivity index is 1.66. The summed E-state index contributed by atoms with van der Waals surface area (Å²) in [6, 6.07) is 12.7. The van der Waals surface area contributed by atoms with Gasteiger partial charge >= 0.3 is 0 Å². The predicted molar refractivity (Wildman–Crippen MR) is 94.3 cm³/mol. The first-order valence-corrected chi connectivity index (χ1v) is 9.05. The van der Waals surface area contributed by atoms with Crippen LogP contribution in [-0.4, -0.2) is 13.2 Å². The van der Waals surface area contributed by atoms with Gasteiger partial charge in [-0.3, -0.25) is 0 Å². The van der Waals surface area contributed by atoms with Crippen molar-refractivity contribution in [2.45, 2.75) is 32.7 Å². The first-order chi connectivity index (χ1) is 10.3. The van der Waals surface area contributed by atoms with E-state index in [-0.39, 0.29) is 0 Å². The van der Waals surface area contributed by atoms with Crippen molar-refractivity contribution < 1.29 is 4.74 Å². The summed E-state index contributed by atoms with van der Waals surface area (Å²) in [5, 5.41) is 3.48. The molecule has 0 saturated heterocycles. The summed E-state index contributed by atoms with van der Waals surface area (Å²) in [6.07, 6.45) is 3.36. The average molecular weight is 368 g/mol. The van der Waals surface area contributed by atoms with E-state index in [1.807, 2.05) is 0 Å². The minimum absolute atomic E-state index is 0.810. The highest BCUT2D eigenvalue weighted by molar-refractivity contribution is 9.11. The highest BCUT2D eigenvalue weighted by atomic mass is 79.9. The lowest BCUT2D eigenvalue weighted by Gasteiger charge is -2.07. The second-order valence-corrected chi connectivity index (χ2v) is 7.53. The van der Waals surface area contributed by atoms with Crippen LogP contribution in [0.1, 0.15) is 30.2 Å². The van der Waals surface area contributed by atoms with E-state index in [0.717, 1.165) is 38.3 Å². The van der Waals surface area contributed by atoms with Crippen LogP contribution < -0.4 is 10.1 Å². The maximum Gasteiger partial charge on any atom is 0.119 e. The third-order valence-electron chi connectivity index (χ3n) is 3.20. The molecular weight excluding hydrogens is 346 g/mol. The monoisotopic (exact) mass is 367 g/mol. The molecule has 0 aliphatic carbocycles. The van der Waals surface area contributed by atoms with E-state index in [1.54, 1.807) is 11.3 Å². The van der Waals surface area contributed by atoms with Gasteiger partial charge in [0.1, 0.15) is 5.75 Å². The molecule has 114 valence electrons. The van der Waals surface area contributed by atoms with Crippen LogP contribution in [0.2, 0.25) is 0 Å². The molecule has 0 fully saturated rings. The minimum Gasteiger partial charge on any atom is -0.494 e. The van der Waals surface area contributed by atoms with Gasteiger partial charge in [-0.2, -0.15) is 0 Å². The summed E-state index contributed by atoms with van der Waals surface area (Å²) < 4.78 is 6.87. The van der Waals surface area contributed by atoms with Crippen molar-refractivity contribution in [3.63, 3.8) is 0 Å². The van der Waals surface area contributed by atoms with E-state index in [0.29, 0.717) is 0 Å². The molecule has 0 bridgehead atoms. The van der Waals surface area contributed by atoms with Crippen LogP contribution in [-0.2, 0) is 13.0 Å². The number of hydrogen-bond acceptors (Lipinski definition) is 3. The van der Waals surface area contributed by atoms with Gasteiger partial charge in [0.15, 0.2) is 0 Å². The number of nitrogens with one attached hydrogen (secondary N) is 1. The quantitative estimate of drug-likeness (QED) is 0.628. The van der Waals surface area contributed by atoms with Crippen molar-refractivity contribution >= 4 is 27.3 Å². The van der Waals surface area contributed by atoms with Gasteiger partial charge in [0.05, 0.1) is 10.4 Å². The Kier molecular flexibility index (Phi) is 7.27. The smallest absolute Gasteiger partial charge is 0.119 e. The van der Waals surface area contributed by atoms with Crippen LogP contribution in [0.3, 0.4) is 0 Å². The van der Waals surface area contributed by atoms with Crippen molar-refractivity contribution in [3.8, 4) is 5.75 Å². The van der Waals surface area contributed by atoms with Crippen LogP contribution >= 0.6 is 27.3 Å². The molecule has 0 unspecified atom stereocenters. The summed E-state index contributed by atoms with van der Waals surface area (Å²) in [5.74, 6) is 0.968. The molecule has 0 radical (unpaired) electrons. The Morgan fingerprint density at radius 3 is 2.62 bits per heavy atom. The lowest BCUT2D eigenvalue weighted by Crippen LogP contribution is -2.16. The molecule has 4 heteroatoms. The fourth-order valence-electron chi connectivity index (χ4n) is 1.97. The van der Waals surface area contributed by atoms with Gasteiger partial charge in [0, 0.05) is 18.0 Å². The number of rotatable bonds is 9. The maximum absolute atomic E-state index is 5.66. The molecule has 2 rings (SSSR count). The zero-order valence-corrected chi connectivity index (χ0v) is 14.8. The van der Waals surface area contributed by atoms with Crippen LogP contribution in [0.15, 0.2) is 40.2 Å². The number of benzene rings is 1. The zero-order chi connectivity index (χ0) is 14.9.